The van der Waals surface area contributed by atoms with E-state index in [0.29, 0.717) is 0 Å². The van der Waals surface area contributed by atoms with Crippen molar-refractivity contribution >= 4 is 0 Å². The molecule has 1 saturated carbocycles. The Morgan fingerprint density at radius 1 is 0.846 bits per heavy atom. The predicted molar refractivity (Wildman–Crippen MR) is 59.7 cm³/mol. The van der Waals surface area contributed by atoms with Crippen LogP contribution in [0.5, 0.6) is 0 Å². The lowest BCUT2D eigenvalue weighted by molar-refractivity contribution is 0.109. The van der Waals surface area contributed by atoms with Crippen LogP contribution in [0.15, 0.2) is 0 Å². The van der Waals surface area contributed by atoms with E-state index in [1.807, 2.05) is 0 Å². The molecule has 1 aliphatic rings. The molecule has 0 N–H and O–H groups in total. The van der Waals surface area contributed by atoms with Crippen LogP contribution in [-0.2, 0) is 0 Å². The van der Waals surface area contributed by atoms with Gasteiger partial charge in [0.2, 0.25) is 0 Å². The molecule has 1 fully saturated rings. The Hall–Kier alpha value is 0. The first kappa shape index (κ1) is 11.1. The fraction of sp³-hybridized carbons (Fsp3) is 1.00. The van der Waals surface area contributed by atoms with Crippen LogP contribution in [0.4, 0.5) is 0 Å². The molecule has 0 heterocycles. The van der Waals surface area contributed by atoms with E-state index < -0.39 is 0 Å². The Labute approximate surface area is 84.1 Å². The van der Waals surface area contributed by atoms with Crippen molar-refractivity contribution in [3.8, 4) is 0 Å². The SMILES string of the molecule is CCC1CC(CC)C(C)C(CC)C1. The van der Waals surface area contributed by atoms with Crippen molar-refractivity contribution in [1.29, 1.82) is 0 Å². The highest BCUT2D eigenvalue weighted by atomic mass is 14.4. The molecule has 0 radical (unpaired) electrons. The van der Waals surface area contributed by atoms with E-state index in [0.717, 1.165) is 23.7 Å². The van der Waals surface area contributed by atoms with E-state index in [2.05, 4.69) is 27.7 Å². The molecule has 2 unspecified atom stereocenters. The van der Waals surface area contributed by atoms with Crippen LogP contribution in [0.1, 0.15) is 59.8 Å². The van der Waals surface area contributed by atoms with Crippen LogP contribution in [0, 0.1) is 23.7 Å². The predicted octanol–water partition coefficient (Wildman–Crippen LogP) is 4.49. The van der Waals surface area contributed by atoms with Crippen LogP contribution in [-0.4, -0.2) is 0 Å². The minimum atomic E-state index is 0.984. The third-order valence-corrected chi connectivity index (χ3v) is 4.39. The van der Waals surface area contributed by atoms with Gasteiger partial charge in [0, 0.05) is 0 Å². The molecule has 0 spiro atoms. The number of hydrogen-bond donors (Lipinski definition) is 0. The zero-order valence-corrected chi connectivity index (χ0v) is 9.84. The first-order valence-corrected chi connectivity index (χ1v) is 6.22. The Morgan fingerprint density at radius 2 is 1.31 bits per heavy atom. The normalized spacial score (nSPS) is 40.6. The van der Waals surface area contributed by atoms with Gasteiger partial charge in [0.05, 0.1) is 0 Å². The summed E-state index contributed by atoms with van der Waals surface area (Å²) in [7, 11) is 0. The summed E-state index contributed by atoms with van der Waals surface area (Å²) in [5.74, 6) is 4.05. The molecule has 0 aromatic heterocycles. The quantitative estimate of drug-likeness (QED) is 0.603. The first-order valence-electron chi connectivity index (χ1n) is 6.22. The standard InChI is InChI=1S/C13H26/c1-5-11-8-12(6-2)10(4)13(7-3)9-11/h10-13H,5-9H2,1-4H3. The summed E-state index contributed by atoms with van der Waals surface area (Å²) in [6.07, 6.45) is 7.21. The van der Waals surface area contributed by atoms with Gasteiger partial charge < -0.3 is 0 Å². The fourth-order valence-corrected chi connectivity index (χ4v) is 3.18. The summed E-state index contributed by atoms with van der Waals surface area (Å²) in [4.78, 5) is 0. The third-order valence-electron chi connectivity index (χ3n) is 4.39. The molecule has 0 bridgehead atoms. The first-order chi connectivity index (χ1) is 6.22. The van der Waals surface area contributed by atoms with Gasteiger partial charge in [-0.05, 0) is 36.5 Å². The Balaban J connectivity index is 2.56. The van der Waals surface area contributed by atoms with Crippen molar-refractivity contribution in [3.63, 3.8) is 0 Å². The molecule has 0 nitrogen and oxygen atoms in total. The molecule has 78 valence electrons. The molecule has 13 heavy (non-hydrogen) atoms. The minimum Gasteiger partial charge on any atom is -0.0651 e. The lowest BCUT2D eigenvalue weighted by atomic mass is 9.66. The van der Waals surface area contributed by atoms with Gasteiger partial charge in [-0.15, -0.1) is 0 Å². The van der Waals surface area contributed by atoms with Gasteiger partial charge >= 0.3 is 0 Å². The Bertz CT molecular complexity index is 125. The van der Waals surface area contributed by atoms with Gasteiger partial charge in [0.15, 0.2) is 0 Å². The number of rotatable bonds is 3. The van der Waals surface area contributed by atoms with Crippen LogP contribution in [0.2, 0.25) is 0 Å². The second kappa shape index (κ2) is 5.02. The largest absolute Gasteiger partial charge is 0.0651 e. The Kier molecular flexibility index (Phi) is 4.28. The summed E-state index contributed by atoms with van der Waals surface area (Å²) in [6, 6.07) is 0. The lowest BCUT2D eigenvalue weighted by Crippen LogP contribution is -2.30. The summed E-state index contributed by atoms with van der Waals surface area (Å²) < 4.78 is 0. The molecule has 0 aromatic carbocycles. The topological polar surface area (TPSA) is 0 Å². The molecule has 0 amide bonds. The zero-order valence-electron chi connectivity index (χ0n) is 9.84. The van der Waals surface area contributed by atoms with Gasteiger partial charge in [-0.25, -0.2) is 0 Å². The summed E-state index contributed by atoms with van der Waals surface area (Å²) in [6.45, 7) is 9.58. The fourth-order valence-electron chi connectivity index (χ4n) is 3.18. The van der Waals surface area contributed by atoms with Crippen molar-refractivity contribution < 1.29 is 0 Å². The van der Waals surface area contributed by atoms with Crippen molar-refractivity contribution in [2.24, 2.45) is 23.7 Å². The lowest BCUT2D eigenvalue weighted by Gasteiger charge is -2.39. The van der Waals surface area contributed by atoms with Crippen molar-refractivity contribution in [2.75, 3.05) is 0 Å². The average Bonchev–Trinajstić information content (AvgIpc) is 2.18. The van der Waals surface area contributed by atoms with Gasteiger partial charge in [-0.2, -0.15) is 0 Å². The highest BCUT2D eigenvalue weighted by Gasteiger charge is 2.31. The van der Waals surface area contributed by atoms with Crippen molar-refractivity contribution in [2.45, 2.75) is 59.8 Å². The molecular formula is C13H26. The average molecular weight is 182 g/mol. The van der Waals surface area contributed by atoms with Crippen LogP contribution < -0.4 is 0 Å². The van der Waals surface area contributed by atoms with E-state index in [1.54, 1.807) is 0 Å². The summed E-state index contributed by atoms with van der Waals surface area (Å²) in [5.41, 5.74) is 0. The smallest absolute Gasteiger partial charge is 0.0386 e. The number of hydrogen-bond acceptors (Lipinski definition) is 0. The second-order valence-electron chi connectivity index (χ2n) is 4.94. The highest BCUT2D eigenvalue weighted by molar-refractivity contribution is 4.82. The molecule has 0 saturated heterocycles. The minimum absolute atomic E-state index is 0.984. The van der Waals surface area contributed by atoms with Gasteiger partial charge in [0.1, 0.15) is 0 Å². The Morgan fingerprint density at radius 3 is 1.62 bits per heavy atom. The van der Waals surface area contributed by atoms with E-state index in [1.165, 1.54) is 32.1 Å². The molecule has 1 aliphatic carbocycles. The van der Waals surface area contributed by atoms with Crippen LogP contribution in [0.25, 0.3) is 0 Å². The summed E-state index contributed by atoms with van der Waals surface area (Å²) in [5, 5.41) is 0. The molecule has 0 heteroatoms. The summed E-state index contributed by atoms with van der Waals surface area (Å²) >= 11 is 0. The highest BCUT2D eigenvalue weighted by Crippen LogP contribution is 2.42. The molecule has 1 rings (SSSR count). The third kappa shape index (κ3) is 2.48. The maximum absolute atomic E-state index is 2.48. The van der Waals surface area contributed by atoms with Gasteiger partial charge in [-0.1, -0.05) is 47.0 Å². The second-order valence-corrected chi connectivity index (χ2v) is 4.94. The molecule has 2 atom stereocenters. The molecular weight excluding hydrogens is 156 g/mol. The zero-order chi connectivity index (χ0) is 9.84. The maximum atomic E-state index is 2.48. The van der Waals surface area contributed by atoms with E-state index in [9.17, 15) is 0 Å². The van der Waals surface area contributed by atoms with E-state index in [4.69, 9.17) is 0 Å². The monoisotopic (exact) mass is 182 g/mol. The van der Waals surface area contributed by atoms with Gasteiger partial charge in [0.25, 0.3) is 0 Å². The van der Waals surface area contributed by atoms with E-state index in [-0.39, 0.29) is 0 Å². The maximum Gasteiger partial charge on any atom is -0.0386 e. The molecule has 0 aliphatic heterocycles. The van der Waals surface area contributed by atoms with E-state index >= 15 is 0 Å². The van der Waals surface area contributed by atoms with Crippen LogP contribution >= 0.6 is 0 Å². The van der Waals surface area contributed by atoms with Gasteiger partial charge in [-0.3, -0.25) is 0 Å². The van der Waals surface area contributed by atoms with Crippen molar-refractivity contribution in [3.05, 3.63) is 0 Å². The van der Waals surface area contributed by atoms with Crippen LogP contribution in [0.3, 0.4) is 0 Å². The van der Waals surface area contributed by atoms with Crippen molar-refractivity contribution in [1.82, 2.24) is 0 Å². The molecule has 0 aromatic rings.